The Balaban J connectivity index is 2.30. The first kappa shape index (κ1) is 18.2. The number of pyridine rings is 1. The van der Waals surface area contributed by atoms with Crippen LogP contribution in [0.25, 0.3) is 0 Å². The molecule has 2 rings (SSSR count). The van der Waals surface area contributed by atoms with Crippen LogP contribution in [-0.2, 0) is 11.8 Å². The van der Waals surface area contributed by atoms with E-state index in [0.29, 0.717) is 5.56 Å². The van der Waals surface area contributed by atoms with Gasteiger partial charge in [-0.2, -0.15) is 0 Å². The van der Waals surface area contributed by atoms with Gasteiger partial charge in [0.15, 0.2) is 0 Å². The molecule has 1 aliphatic heterocycles. The van der Waals surface area contributed by atoms with Crippen LogP contribution in [0.2, 0.25) is 0 Å². The van der Waals surface area contributed by atoms with Crippen LogP contribution >= 0.6 is 0 Å². The average molecular weight is 333 g/mol. The van der Waals surface area contributed by atoms with Crippen molar-refractivity contribution < 1.29 is 9.59 Å². The van der Waals surface area contributed by atoms with Crippen molar-refractivity contribution in [1.82, 2.24) is 9.47 Å². The Kier molecular flexibility index (Phi) is 5.47. The lowest BCUT2D eigenvalue weighted by Gasteiger charge is -2.22. The standard InChI is InChI=1S/C18H27N3O3/c1-18(2,3)17(24)19-14-11-13(12-20(4)16(14)23)15(22)21-9-7-5-6-8-10-21/h11-12H,5-10H2,1-4H3,(H,19,24). The number of aryl methyl sites for hydroxylation is 1. The minimum atomic E-state index is -0.615. The van der Waals surface area contributed by atoms with Crippen LogP contribution in [0.5, 0.6) is 0 Å². The molecule has 6 nitrogen and oxygen atoms in total. The average Bonchev–Trinajstić information content (AvgIpc) is 2.79. The van der Waals surface area contributed by atoms with Gasteiger partial charge in [0, 0.05) is 31.7 Å². The maximum atomic E-state index is 12.7. The number of nitrogens with zero attached hydrogens (tertiary/aromatic N) is 2. The molecule has 0 radical (unpaired) electrons. The summed E-state index contributed by atoms with van der Waals surface area (Å²) >= 11 is 0. The summed E-state index contributed by atoms with van der Waals surface area (Å²) in [6, 6.07) is 1.50. The summed E-state index contributed by atoms with van der Waals surface area (Å²) in [5.74, 6) is -0.335. The molecule has 2 amide bonds. The van der Waals surface area contributed by atoms with Crippen LogP contribution in [0.15, 0.2) is 17.1 Å². The number of likely N-dealkylation sites (tertiary alicyclic amines) is 1. The Hall–Kier alpha value is -2.11. The molecule has 0 atom stereocenters. The van der Waals surface area contributed by atoms with E-state index in [2.05, 4.69) is 5.32 Å². The molecule has 0 aliphatic carbocycles. The van der Waals surface area contributed by atoms with E-state index in [1.54, 1.807) is 34.0 Å². The first-order chi connectivity index (χ1) is 11.2. The molecule has 0 bridgehead atoms. The van der Waals surface area contributed by atoms with E-state index in [-0.39, 0.29) is 23.1 Å². The van der Waals surface area contributed by atoms with E-state index in [1.165, 1.54) is 10.6 Å². The molecule has 0 spiro atoms. The third-order valence-electron chi connectivity index (χ3n) is 4.25. The smallest absolute Gasteiger partial charge is 0.274 e. The van der Waals surface area contributed by atoms with Gasteiger partial charge in [0.25, 0.3) is 11.5 Å². The third-order valence-corrected chi connectivity index (χ3v) is 4.25. The normalized spacial score (nSPS) is 15.8. The minimum Gasteiger partial charge on any atom is -0.339 e. The summed E-state index contributed by atoms with van der Waals surface area (Å²) in [7, 11) is 1.59. The Morgan fingerprint density at radius 2 is 1.67 bits per heavy atom. The Labute approximate surface area is 142 Å². The van der Waals surface area contributed by atoms with Crippen molar-refractivity contribution in [3.63, 3.8) is 0 Å². The highest BCUT2D eigenvalue weighted by Gasteiger charge is 2.24. The molecule has 0 unspecified atom stereocenters. The van der Waals surface area contributed by atoms with Gasteiger partial charge in [0.2, 0.25) is 5.91 Å². The first-order valence-corrected chi connectivity index (χ1v) is 8.51. The quantitative estimate of drug-likeness (QED) is 0.903. The van der Waals surface area contributed by atoms with Crippen LogP contribution < -0.4 is 10.9 Å². The lowest BCUT2D eigenvalue weighted by atomic mass is 9.95. The van der Waals surface area contributed by atoms with Crippen LogP contribution in [0, 0.1) is 5.41 Å². The van der Waals surface area contributed by atoms with Crippen molar-refractivity contribution >= 4 is 17.5 Å². The second-order valence-corrected chi connectivity index (χ2v) is 7.47. The van der Waals surface area contributed by atoms with Gasteiger partial charge >= 0.3 is 0 Å². The van der Waals surface area contributed by atoms with Crippen LogP contribution in [0.1, 0.15) is 56.8 Å². The molecule has 1 aromatic rings. The van der Waals surface area contributed by atoms with Crippen LogP contribution in [0.4, 0.5) is 5.69 Å². The zero-order valence-corrected chi connectivity index (χ0v) is 15.0. The summed E-state index contributed by atoms with van der Waals surface area (Å²) in [5.41, 5.74) is -0.350. The first-order valence-electron chi connectivity index (χ1n) is 8.51. The minimum absolute atomic E-state index is 0.0845. The molecule has 0 aromatic carbocycles. The van der Waals surface area contributed by atoms with Crippen molar-refractivity contribution in [2.24, 2.45) is 12.5 Å². The van der Waals surface area contributed by atoms with E-state index in [0.717, 1.165) is 38.8 Å². The van der Waals surface area contributed by atoms with E-state index >= 15 is 0 Å². The second kappa shape index (κ2) is 7.20. The lowest BCUT2D eigenvalue weighted by Crippen LogP contribution is -2.35. The molecule has 1 N–H and O–H groups in total. The van der Waals surface area contributed by atoms with Crippen molar-refractivity contribution in [2.75, 3.05) is 18.4 Å². The topological polar surface area (TPSA) is 71.4 Å². The van der Waals surface area contributed by atoms with Gasteiger partial charge in [-0.3, -0.25) is 14.4 Å². The molecular formula is C18H27N3O3. The number of hydrogen-bond donors (Lipinski definition) is 1. The summed E-state index contributed by atoms with van der Waals surface area (Å²) in [6.45, 7) is 6.81. The van der Waals surface area contributed by atoms with Gasteiger partial charge in [-0.15, -0.1) is 0 Å². The predicted octanol–water partition coefficient (Wildman–Crippen LogP) is 2.39. The van der Waals surface area contributed by atoms with Gasteiger partial charge < -0.3 is 14.8 Å². The van der Waals surface area contributed by atoms with Crippen molar-refractivity contribution in [2.45, 2.75) is 46.5 Å². The molecule has 6 heteroatoms. The molecule has 1 saturated heterocycles. The highest BCUT2D eigenvalue weighted by Crippen LogP contribution is 2.18. The maximum absolute atomic E-state index is 12.7. The SMILES string of the molecule is Cn1cc(C(=O)N2CCCCCC2)cc(NC(=O)C(C)(C)C)c1=O. The van der Waals surface area contributed by atoms with Crippen LogP contribution in [0.3, 0.4) is 0 Å². The molecule has 24 heavy (non-hydrogen) atoms. The van der Waals surface area contributed by atoms with Gasteiger partial charge in [0.05, 0.1) is 5.56 Å². The van der Waals surface area contributed by atoms with Crippen LogP contribution in [-0.4, -0.2) is 34.4 Å². The summed E-state index contributed by atoms with van der Waals surface area (Å²) in [5, 5.41) is 2.66. The fourth-order valence-corrected chi connectivity index (χ4v) is 2.68. The third kappa shape index (κ3) is 4.24. The zero-order chi connectivity index (χ0) is 17.9. The number of anilines is 1. The fourth-order valence-electron chi connectivity index (χ4n) is 2.68. The van der Waals surface area contributed by atoms with Crippen molar-refractivity contribution in [3.05, 3.63) is 28.2 Å². The highest BCUT2D eigenvalue weighted by molar-refractivity contribution is 5.98. The Morgan fingerprint density at radius 1 is 1.08 bits per heavy atom. The molecule has 2 heterocycles. The second-order valence-electron chi connectivity index (χ2n) is 7.47. The molecular weight excluding hydrogens is 306 g/mol. The van der Waals surface area contributed by atoms with Gasteiger partial charge in [-0.1, -0.05) is 33.6 Å². The highest BCUT2D eigenvalue weighted by atomic mass is 16.2. The molecule has 1 fully saturated rings. The number of nitrogens with one attached hydrogen (secondary N) is 1. The van der Waals surface area contributed by atoms with E-state index in [1.807, 2.05) is 4.90 Å². The fraction of sp³-hybridized carbons (Fsp3) is 0.611. The molecule has 0 saturated carbocycles. The number of aromatic nitrogens is 1. The molecule has 132 valence electrons. The van der Waals surface area contributed by atoms with Crippen molar-refractivity contribution in [1.29, 1.82) is 0 Å². The van der Waals surface area contributed by atoms with Gasteiger partial charge in [0.1, 0.15) is 5.69 Å². The van der Waals surface area contributed by atoms with Gasteiger partial charge in [-0.05, 0) is 18.9 Å². The number of rotatable bonds is 2. The number of carbonyl (C=O) groups is 2. The van der Waals surface area contributed by atoms with Gasteiger partial charge in [-0.25, -0.2) is 0 Å². The monoisotopic (exact) mass is 333 g/mol. The summed E-state index contributed by atoms with van der Waals surface area (Å²) in [4.78, 5) is 39.0. The zero-order valence-electron chi connectivity index (χ0n) is 15.0. The van der Waals surface area contributed by atoms with Crippen molar-refractivity contribution in [3.8, 4) is 0 Å². The lowest BCUT2D eigenvalue weighted by molar-refractivity contribution is -0.123. The maximum Gasteiger partial charge on any atom is 0.274 e. The Morgan fingerprint density at radius 3 is 2.21 bits per heavy atom. The van der Waals surface area contributed by atoms with E-state index in [4.69, 9.17) is 0 Å². The summed E-state index contributed by atoms with van der Waals surface area (Å²) < 4.78 is 1.35. The largest absolute Gasteiger partial charge is 0.339 e. The summed E-state index contributed by atoms with van der Waals surface area (Å²) in [6.07, 6.45) is 5.84. The predicted molar refractivity (Wildman–Crippen MR) is 94.1 cm³/mol. The Bertz CT molecular complexity index is 678. The van der Waals surface area contributed by atoms with E-state index in [9.17, 15) is 14.4 Å². The number of hydrogen-bond acceptors (Lipinski definition) is 3. The molecule has 1 aromatic heterocycles. The number of carbonyl (C=O) groups excluding carboxylic acids is 2. The number of amides is 2. The van der Waals surface area contributed by atoms with E-state index < -0.39 is 5.41 Å². The molecule has 1 aliphatic rings.